The van der Waals surface area contributed by atoms with E-state index >= 15 is 0 Å². The lowest BCUT2D eigenvalue weighted by Gasteiger charge is -2.46. The Balaban J connectivity index is 2.62. The number of hydrogen-bond acceptors (Lipinski definition) is 19. The zero-order valence-electron chi connectivity index (χ0n) is 27.7. The molecular weight excluding hydrogens is 745 g/mol. The summed E-state index contributed by atoms with van der Waals surface area (Å²) >= 11 is 17.3. The van der Waals surface area contributed by atoms with Crippen LogP contribution in [0.5, 0.6) is 0 Å². The molecule has 0 bridgehead atoms. The maximum atomic E-state index is 12.2. The molecule has 0 aromatic carbocycles. The third-order valence-corrected chi connectivity index (χ3v) is 6.88. The fourth-order valence-corrected chi connectivity index (χ4v) is 4.91. The Hall–Kier alpha value is -3.49. The van der Waals surface area contributed by atoms with E-state index in [0.717, 1.165) is 48.5 Å². The summed E-state index contributed by atoms with van der Waals surface area (Å²) in [7, 11) is 0. The lowest BCUT2D eigenvalue weighted by Crippen LogP contribution is -2.65. The van der Waals surface area contributed by atoms with E-state index in [1.54, 1.807) is 0 Å². The first kappa shape index (κ1) is 42.7. The zero-order valence-corrected chi connectivity index (χ0v) is 29.9. The molecular formula is C28H36Cl3NO18. The highest BCUT2D eigenvalue weighted by Gasteiger charge is 2.56. The fraction of sp³-hybridized carbons (Fsp3) is 0.714. The highest BCUT2D eigenvalue weighted by molar-refractivity contribution is 6.76. The first-order chi connectivity index (χ1) is 23.1. The quantitative estimate of drug-likeness (QED) is 0.0953. The summed E-state index contributed by atoms with van der Waals surface area (Å²) in [6.45, 7) is 5.83. The van der Waals surface area contributed by atoms with E-state index in [9.17, 15) is 33.6 Å². The van der Waals surface area contributed by atoms with Gasteiger partial charge in [0.15, 0.2) is 36.8 Å². The summed E-state index contributed by atoms with van der Waals surface area (Å²) in [5.74, 6) is -7.29. The number of carbonyl (C=O) groups excluding carboxylic acids is 7. The molecule has 22 heteroatoms. The van der Waals surface area contributed by atoms with Crippen LogP contribution in [0.15, 0.2) is 0 Å². The van der Waals surface area contributed by atoms with Gasteiger partial charge < -0.3 is 52.1 Å². The molecule has 2 fully saturated rings. The SMILES string of the molecule is CC(=O)OC[C@H]1O[C@@H](OC[C@H]2O[C@H](OC(=N)C(Cl)(Cl)Cl)[C@H](OC(C)=O)[C@@H](OC(C)=O)[C@@H]2OC(C)=O)C(OC(C)=O)[C@@H](OC(C)=O)[C@@H]1OC(C)=O. The Morgan fingerprint density at radius 1 is 0.500 bits per heavy atom. The number of ether oxygens (including phenoxy) is 11. The van der Waals surface area contributed by atoms with Crippen LogP contribution in [0.25, 0.3) is 0 Å². The predicted molar refractivity (Wildman–Crippen MR) is 162 cm³/mol. The third kappa shape index (κ3) is 13.0. The van der Waals surface area contributed by atoms with Gasteiger partial charge >= 0.3 is 41.8 Å². The summed E-state index contributed by atoms with van der Waals surface area (Å²) in [6.07, 6.45) is -16.3. The Labute approximate surface area is 300 Å². The minimum Gasteiger partial charge on any atom is -0.463 e. The van der Waals surface area contributed by atoms with Gasteiger partial charge in [-0.05, 0) is 0 Å². The molecule has 0 amide bonds. The number of alkyl halides is 3. The van der Waals surface area contributed by atoms with Crippen molar-refractivity contribution in [3.05, 3.63) is 0 Å². The monoisotopic (exact) mass is 779 g/mol. The van der Waals surface area contributed by atoms with Crippen molar-refractivity contribution < 1.29 is 85.7 Å². The van der Waals surface area contributed by atoms with Gasteiger partial charge in [-0.2, -0.15) is 0 Å². The fourth-order valence-electron chi connectivity index (χ4n) is 4.78. The lowest BCUT2D eigenvalue weighted by molar-refractivity contribution is -0.328. The largest absolute Gasteiger partial charge is 0.463 e. The number of carbonyl (C=O) groups is 7. The molecule has 2 heterocycles. The third-order valence-electron chi connectivity index (χ3n) is 6.36. The molecule has 2 aliphatic heterocycles. The van der Waals surface area contributed by atoms with Crippen LogP contribution in [0.4, 0.5) is 0 Å². The average molecular weight is 781 g/mol. The smallest absolute Gasteiger partial charge is 0.303 e. The normalized spacial score (nSPS) is 29.3. The van der Waals surface area contributed by atoms with Gasteiger partial charge in [0.1, 0.15) is 18.8 Å². The van der Waals surface area contributed by atoms with Crippen molar-refractivity contribution in [2.75, 3.05) is 13.2 Å². The van der Waals surface area contributed by atoms with Gasteiger partial charge in [0.05, 0.1) is 6.61 Å². The molecule has 0 saturated carbocycles. The molecule has 50 heavy (non-hydrogen) atoms. The first-order valence-electron chi connectivity index (χ1n) is 14.5. The molecule has 0 aliphatic carbocycles. The number of hydrogen-bond donors (Lipinski definition) is 1. The Bertz CT molecular complexity index is 1310. The zero-order chi connectivity index (χ0) is 38.1. The standard InChI is InChI=1S/C28H36Cl3NO18/c1-10(33)40-8-17-19(42-11(2)34)21(44-13(4)36)23(46-15(6)38)25(48-17)41-9-18-20(43-12(3)35)22(45-14(5)37)24(47-16(7)39)26(49-18)50-27(32)28(29,30)31/h17-26,32H,8-9H2,1-7H3/t17-,18-,19-,20-,21+,22+,23?,24-,25-,26-/m1/s1. The summed E-state index contributed by atoms with van der Waals surface area (Å²) in [5.41, 5.74) is 0. The summed E-state index contributed by atoms with van der Waals surface area (Å²) in [6, 6.07) is 0. The van der Waals surface area contributed by atoms with Crippen LogP contribution in [0.2, 0.25) is 0 Å². The van der Waals surface area contributed by atoms with Crippen molar-refractivity contribution >= 4 is 82.5 Å². The highest BCUT2D eigenvalue weighted by atomic mass is 35.6. The van der Waals surface area contributed by atoms with E-state index in [-0.39, 0.29) is 0 Å². The van der Waals surface area contributed by atoms with E-state index in [0.29, 0.717) is 0 Å². The van der Waals surface area contributed by atoms with Gasteiger partial charge in [0.25, 0.3) is 3.79 Å². The Morgan fingerprint density at radius 3 is 1.22 bits per heavy atom. The summed E-state index contributed by atoms with van der Waals surface area (Å²) in [4.78, 5) is 84.5. The highest BCUT2D eigenvalue weighted by Crippen LogP contribution is 2.35. The second-order valence-corrected chi connectivity index (χ2v) is 12.9. The number of rotatable bonds is 12. The molecule has 0 aromatic heterocycles. The van der Waals surface area contributed by atoms with E-state index in [4.69, 9.17) is 92.3 Å². The van der Waals surface area contributed by atoms with Crippen molar-refractivity contribution in [1.29, 1.82) is 5.41 Å². The molecule has 0 radical (unpaired) electrons. The van der Waals surface area contributed by atoms with Gasteiger partial charge in [-0.3, -0.25) is 39.0 Å². The van der Waals surface area contributed by atoms with Gasteiger partial charge in [-0.25, -0.2) is 0 Å². The predicted octanol–water partition coefficient (Wildman–Crippen LogP) is 0.970. The van der Waals surface area contributed by atoms with Gasteiger partial charge in [0, 0.05) is 48.5 Å². The lowest BCUT2D eigenvalue weighted by atomic mass is 9.97. The van der Waals surface area contributed by atoms with Crippen LogP contribution in [0, 0.1) is 5.41 Å². The van der Waals surface area contributed by atoms with Gasteiger partial charge in [-0.1, -0.05) is 34.8 Å². The van der Waals surface area contributed by atoms with Crippen molar-refractivity contribution in [3.63, 3.8) is 0 Å². The second-order valence-electron chi connectivity index (χ2n) is 10.6. The van der Waals surface area contributed by atoms with Crippen molar-refractivity contribution in [1.82, 2.24) is 0 Å². The van der Waals surface area contributed by atoms with Crippen LogP contribution in [-0.2, 0) is 85.7 Å². The molecule has 0 aromatic rings. The van der Waals surface area contributed by atoms with Crippen LogP contribution < -0.4 is 0 Å². The molecule has 1 N–H and O–H groups in total. The number of halogens is 3. The van der Waals surface area contributed by atoms with Crippen molar-refractivity contribution in [2.45, 2.75) is 114 Å². The minimum atomic E-state index is -2.45. The average Bonchev–Trinajstić information content (AvgIpc) is 2.94. The number of nitrogens with one attached hydrogen (secondary N) is 1. The first-order valence-corrected chi connectivity index (χ1v) is 15.7. The molecule has 0 spiro atoms. The molecule has 2 saturated heterocycles. The van der Waals surface area contributed by atoms with Crippen LogP contribution in [-0.4, -0.2) is 126 Å². The molecule has 2 aliphatic rings. The maximum absolute atomic E-state index is 12.2. The van der Waals surface area contributed by atoms with Crippen LogP contribution >= 0.6 is 34.8 Å². The Kier molecular flexibility index (Phi) is 15.9. The maximum Gasteiger partial charge on any atom is 0.303 e. The van der Waals surface area contributed by atoms with Gasteiger partial charge in [0.2, 0.25) is 18.3 Å². The molecule has 282 valence electrons. The molecule has 2 rings (SSSR count). The van der Waals surface area contributed by atoms with Crippen molar-refractivity contribution in [2.24, 2.45) is 0 Å². The van der Waals surface area contributed by atoms with E-state index in [1.807, 2.05) is 0 Å². The van der Waals surface area contributed by atoms with E-state index in [1.165, 1.54) is 0 Å². The number of esters is 7. The second kappa shape index (κ2) is 18.7. The van der Waals surface area contributed by atoms with Crippen molar-refractivity contribution in [3.8, 4) is 0 Å². The van der Waals surface area contributed by atoms with Gasteiger partial charge in [-0.15, -0.1) is 0 Å². The molecule has 10 atom stereocenters. The minimum absolute atomic E-state index is 0.568. The van der Waals surface area contributed by atoms with Crippen LogP contribution in [0.3, 0.4) is 0 Å². The molecule has 19 nitrogen and oxygen atoms in total. The van der Waals surface area contributed by atoms with E-state index < -0.39 is 126 Å². The summed E-state index contributed by atoms with van der Waals surface area (Å²) in [5, 5.41) is 8.03. The van der Waals surface area contributed by atoms with E-state index in [2.05, 4.69) is 0 Å². The summed E-state index contributed by atoms with van der Waals surface area (Å²) < 4.78 is 57.7. The Morgan fingerprint density at radius 2 is 0.840 bits per heavy atom. The van der Waals surface area contributed by atoms with Crippen LogP contribution in [0.1, 0.15) is 48.5 Å². The topological polar surface area (TPSA) is 245 Å². The molecule has 1 unspecified atom stereocenters.